The molecule has 0 aromatic heterocycles. The van der Waals surface area contributed by atoms with Crippen molar-refractivity contribution in [3.63, 3.8) is 0 Å². The molecule has 0 spiro atoms. The highest BCUT2D eigenvalue weighted by atomic mass is 19.2. The first-order valence-corrected chi connectivity index (χ1v) is 4.63. The molecule has 98 valence electrons. The lowest BCUT2D eigenvalue weighted by atomic mass is 10.0. The van der Waals surface area contributed by atoms with Crippen molar-refractivity contribution < 1.29 is 33.0 Å². The Balaban J connectivity index is 3.33. The molecule has 0 bridgehead atoms. The van der Waals surface area contributed by atoms with Gasteiger partial charge in [0.2, 0.25) is 0 Å². The molecule has 0 saturated heterocycles. The van der Waals surface area contributed by atoms with Crippen molar-refractivity contribution in [3.05, 3.63) is 34.6 Å². The fraction of sp³-hybridized carbons (Fsp3) is 0.200. The van der Waals surface area contributed by atoms with Crippen molar-refractivity contribution in [2.75, 3.05) is 0 Å². The average Bonchev–Trinajstić information content (AvgIpc) is 2.21. The van der Waals surface area contributed by atoms with Crippen LogP contribution in [0.3, 0.4) is 0 Å². The van der Waals surface area contributed by atoms with E-state index in [0.717, 1.165) is 0 Å². The Hall–Kier alpha value is -2.09. The maximum atomic E-state index is 13.4. The fourth-order valence-corrected chi connectivity index (χ4v) is 1.38. The third-order valence-corrected chi connectivity index (χ3v) is 2.19. The average molecular weight is 263 g/mol. The lowest BCUT2D eigenvalue weighted by Gasteiger charge is -2.12. The van der Waals surface area contributed by atoms with Gasteiger partial charge >= 0.3 is 11.9 Å². The molecule has 1 atom stereocenters. The van der Waals surface area contributed by atoms with Crippen LogP contribution in [-0.4, -0.2) is 22.2 Å². The maximum Gasteiger partial charge on any atom is 0.341 e. The van der Waals surface area contributed by atoms with Crippen molar-refractivity contribution in [2.24, 2.45) is 5.73 Å². The summed E-state index contributed by atoms with van der Waals surface area (Å²) in [6.07, 6.45) is -0.748. The van der Waals surface area contributed by atoms with Gasteiger partial charge in [-0.1, -0.05) is 0 Å². The molecule has 5 nitrogen and oxygen atoms in total. The fourth-order valence-electron chi connectivity index (χ4n) is 1.38. The van der Waals surface area contributed by atoms with E-state index in [4.69, 9.17) is 15.9 Å². The molecule has 1 aromatic rings. The van der Waals surface area contributed by atoms with Crippen LogP contribution in [0.5, 0.6) is 0 Å². The van der Waals surface area contributed by atoms with Crippen molar-refractivity contribution >= 4 is 11.9 Å². The van der Waals surface area contributed by atoms with E-state index in [1.165, 1.54) is 0 Å². The van der Waals surface area contributed by atoms with Crippen molar-refractivity contribution in [1.29, 1.82) is 0 Å². The van der Waals surface area contributed by atoms with Crippen LogP contribution in [0, 0.1) is 17.5 Å². The third-order valence-electron chi connectivity index (χ3n) is 2.19. The minimum absolute atomic E-state index is 0.384. The highest BCUT2D eigenvalue weighted by molar-refractivity contribution is 5.88. The van der Waals surface area contributed by atoms with Crippen molar-refractivity contribution in [1.82, 2.24) is 0 Å². The molecule has 1 unspecified atom stereocenters. The summed E-state index contributed by atoms with van der Waals surface area (Å²) in [5.41, 5.74) is 3.09. The molecule has 18 heavy (non-hydrogen) atoms. The lowest BCUT2D eigenvalue weighted by Crippen LogP contribution is -2.19. The summed E-state index contributed by atoms with van der Waals surface area (Å²) in [5.74, 6) is -8.44. The maximum absolute atomic E-state index is 13.4. The second kappa shape index (κ2) is 5.05. The Morgan fingerprint density at radius 2 is 1.78 bits per heavy atom. The number of carboxylic acids is 2. The molecule has 0 aliphatic rings. The van der Waals surface area contributed by atoms with E-state index in [1.807, 2.05) is 0 Å². The topological polar surface area (TPSA) is 101 Å². The molecular formula is C10H8F3NO4. The van der Waals surface area contributed by atoms with Gasteiger partial charge in [-0.3, -0.25) is 4.79 Å². The zero-order valence-electron chi connectivity index (χ0n) is 8.78. The van der Waals surface area contributed by atoms with E-state index in [9.17, 15) is 22.8 Å². The van der Waals surface area contributed by atoms with Crippen LogP contribution >= 0.6 is 0 Å². The summed E-state index contributed by atoms with van der Waals surface area (Å²) >= 11 is 0. The first-order chi connectivity index (χ1) is 8.25. The summed E-state index contributed by atoms with van der Waals surface area (Å²) in [5, 5.41) is 16.9. The first kappa shape index (κ1) is 14.0. The highest BCUT2D eigenvalue weighted by Crippen LogP contribution is 2.25. The molecular weight excluding hydrogens is 255 g/mol. The van der Waals surface area contributed by atoms with Gasteiger partial charge in [0, 0.05) is 11.6 Å². The number of rotatable bonds is 4. The predicted octanol–water partition coefficient (Wildman–Crippen LogP) is 1.28. The van der Waals surface area contributed by atoms with E-state index < -0.39 is 53.0 Å². The summed E-state index contributed by atoms with van der Waals surface area (Å²) < 4.78 is 39.9. The van der Waals surface area contributed by atoms with Gasteiger partial charge in [0.1, 0.15) is 11.4 Å². The molecule has 0 saturated carbocycles. The first-order valence-electron chi connectivity index (χ1n) is 4.63. The van der Waals surface area contributed by atoms with E-state index in [2.05, 4.69) is 0 Å². The molecule has 1 aromatic carbocycles. The van der Waals surface area contributed by atoms with Crippen LogP contribution in [0.4, 0.5) is 13.2 Å². The van der Waals surface area contributed by atoms with E-state index in [0.29, 0.717) is 6.07 Å². The Morgan fingerprint density at radius 1 is 1.22 bits per heavy atom. The van der Waals surface area contributed by atoms with Crippen molar-refractivity contribution in [2.45, 2.75) is 12.5 Å². The van der Waals surface area contributed by atoms with Gasteiger partial charge in [0.15, 0.2) is 11.6 Å². The van der Waals surface area contributed by atoms with E-state index in [1.54, 1.807) is 0 Å². The van der Waals surface area contributed by atoms with Gasteiger partial charge in [0.25, 0.3) is 0 Å². The molecule has 8 heteroatoms. The van der Waals surface area contributed by atoms with Gasteiger partial charge in [-0.25, -0.2) is 18.0 Å². The number of hydrogen-bond donors (Lipinski definition) is 3. The number of carboxylic acid groups (broad SMARTS) is 2. The van der Waals surface area contributed by atoms with Gasteiger partial charge in [-0.05, 0) is 6.07 Å². The SMILES string of the molecule is NC(CC(=O)O)c1cc(F)c(C(=O)O)c(F)c1F. The minimum atomic E-state index is -1.97. The molecule has 0 aliphatic carbocycles. The lowest BCUT2D eigenvalue weighted by molar-refractivity contribution is -0.137. The van der Waals surface area contributed by atoms with Crippen LogP contribution < -0.4 is 5.73 Å². The number of nitrogens with two attached hydrogens (primary N) is 1. The number of benzene rings is 1. The normalized spacial score (nSPS) is 12.2. The summed E-state index contributed by atoms with van der Waals surface area (Å²) in [6.45, 7) is 0. The third kappa shape index (κ3) is 2.59. The van der Waals surface area contributed by atoms with Crippen LogP contribution in [0.15, 0.2) is 6.07 Å². The van der Waals surface area contributed by atoms with Crippen LogP contribution in [0.2, 0.25) is 0 Å². The molecule has 0 radical (unpaired) electrons. The van der Waals surface area contributed by atoms with Crippen LogP contribution in [0.25, 0.3) is 0 Å². The van der Waals surface area contributed by atoms with Gasteiger partial charge < -0.3 is 15.9 Å². The van der Waals surface area contributed by atoms with E-state index >= 15 is 0 Å². The quantitative estimate of drug-likeness (QED) is 0.710. The Bertz CT molecular complexity index is 518. The number of carbonyl (C=O) groups is 2. The Morgan fingerprint density at radius 3 is 2.22 bits per heavy atom. The summed E-state index contributed by atoms with van der Waals surface area (Å²) in [7, 11) is 0. The van der Waals surface area contributed by atoms with Gasteiger partial charge in [0.05, 0.1) is 6.42 Å². The second-order valence-electron chi connectivity index (χ2n) is 3.46. The van der Waals surface area contributed by atoms with Gasteiger partial charge in [-0.2, -0.15) is 0 Å². The molecule has 0 amide bonds. The molecule has 0 aliphatic heterocycles. The second-order valence-corrected chi connectivity index (χ2v) is 3.46. The summed E-state index contributed by atoms with van der Waals surface area (Å²) in [4.78, 5) is 20.8. The summed E-state index contributed by atoms with van der Waals surface area (Å²) in [6, 6.07) is -1.09. The number of halogens is 3. The molecule has 4 N–H and O–H groups in total. The smallest absolute Gasteiger partial charge is 0.341 e. The zero-order valence-corrected chi connectivity index (χ0v) is 8.78. The zero-order chi connectivity index (χ0) is 14.0. The Kier molecular flexibility index (Phi) is 3.92. The largest absolute Gasteiger partial charge is 0.481 e. The Labute approximate surface area is 98.6 Å². The minimum Gasteiger partial charge on any atom is -0.481 e. The van der Waals surface area contributed by atoms with Crippen LogP contribution in [-0.2, 0) is 4.79 Å². The van der Waals surface area contributed by atoms with Crippen LogP contribution in [0.1, 0.15) is 28.4 Å². The molecule has 1 rings (SSSR count). The van der Waals surface area contributed by atoms with Gasteiger partial charge in [-0.15, -0.1) is 0 Å². The number of hydrogen-bond acceptors (Lipinski definition) is 3. The van der Waals surface area contributed by atoms with E-state index in [-0.39, 0.29) is 0 Å². The molecule has 0 fully saturated rings. The predicted molar refractivity (Wildman–Crippen MR) is 52.5 cm³/mol. The number of aromatic carboxylic acids is 1. The molecule has 0 heterocycles. The standard InChI is InChI=1S/C10H8F3NO4/c11-4-1-3(5(14)2-6(15)16)8(12)9(13)7(4)10(17)18/h1,5H,2,14H2,(H,15,16)(H,17,18). The number of aliphatic carboxylic acids is 1. The monoisotopic (exact) mass is 263 g/mol. The highest BCUT2D eigenvalue weighted by Gasteiger charge is 2.26. The van der Waals surface area contributed by atoms with Crippen molar-refractivity contribution in [3.8, 4) is 0 Å².